The van der Waals surface area contributed by atoms with E-state index in [1.165, 1.54) is 19.4 Å². The second-order valence-corrected chi connectivity index (χ2v) is 18.7. The molecule has 24 nitrogen and oxygen atoms in total. The minimum absolute atomic E-state index is 0.00159. The fourth-order valence-electron chi connectivity index (χ4n) is 7.92. The molecule has 9 amide bonds. The number of aromatic nitrogens is 3. The molecule has 0 aliphatic rings. The lowest BCUT2D eigenvalue weighted by atomic mass is 10.0. The standard InChI is InChI=1S/C50H71N15O9S2/c1-3-4-15-35(59-29(2)66)45(70)65-41(27-76)49(74)64-39(23-32-25-54-28-58-32)48(73)62-37(21-30-12-6-5-7-13-30)47(72)61-36(17-10-20-56-50(52)53)46(71)63-38(22-31-24-57-34-16-9-8-14-33(31)34)44(69)55-19-11-18-42(67)60-40(26-75)43(51)68/h5-9,12-14,16,24-25,28,35-41,57,75-76H,3-4,10-11,15,17-23,26-27H2,1-2H3,(H2,51,68)(H,54,58)(H,55,69)(H,59,66)(H,60,67)(H,61,72)(H,62,73)(H,63,71)(H,64,74)(H,65,70)(H4,52,53,56)/t35-,36-,37-,38+,39-,40-,41-/m0/s1. The highest BCUT2D eigenvalue weighted by molar-refractivity contribution is 7.80. The van der Waals surface area contributed by atoms with E-state index in [0.717, 1.165) is 17.3 Å². The Morgan fingerprint density at radius 2 is 1.18 bits per heavy atom. The molecule has 0 saturated heterocycles. The molecule has 7 atom stereocenters. The number of para-hydroxylation sites is 1. The highest BCUT2D eigenvalue weighted by Crippen LogP contribution is 2.20. The number of hydrogen-bond donors (Lipinski definition) is 15. The third-order valence-electron chi connectivity index (χ3n) is 11.9. The fraction of sp³-hybridized carbons (Fsp3) is 0.460. The zero-order valence-corrected chi connectivity index (χ0v) is 44.4. The zero-order chi connectivity index (χ0) is 55.6. The van der Waals surface area contributed by atoms with E-state index in [1.54, 1.807) is 36.5 Å². The van der Waals surface area contributed by atoms with Crippen molar-refractivity contribution < 1.29 is 43.2 Å². The average molecular weight is 1090 g/mol. The monoisotopic (exact) mass is 1090 g/mol. The maximum absolute atomic E-state index is 14.7. The number of thiol groups is 2. The molecule has 0 radical (unpaired) electrons. The van der Waals surface area contributed by atoms with Crippen molar-refractivity contribution >= 4 is 95.3 Å². The predicted octanol–water partition coefficient (Wildman–Crippen LogP) is -1.18. The van der Waals surface area contributed by atoms with E-state index in [-0.39, 0.29) is 75.5 Å². The lowest BCUT2D eigenvalue weighted by molar-refractivity contribution is -0.135. The number of nitrogens with one attached hydrogen (secondary N) is 10. The zero-order valence-electron chi connectivity index (χ0n) is 42.6. The van der Waals surface area contributed by atoms with Crippen LogP contribution in [0.2, 0.25) is 0 Å². The quantitative estimate of drug-likeness (QED) is 0.0116. The molecule has 0 unspecified atom stereocenters. The van der Waals surface area contributed by atoms with Crippen LogP contribution in [0.15, 0.2) is 78.3 Å². The number of rotatable bonds is 33. The molecule has 0 bridgehead atoms. The van der Waals surface area contributed by atoms with Gasteiger partial charge in [0.15, 0.2) is 5.96 Å². The van der Waals surface area contributed by atoms with Crippen LogP contribution in [0, 0.1) is 0 Å². The Kier molecular flexibility index (Phi) is 25.6. The van der Waals surface area contributed by atoms with Gasteiger partial charge in [-0.15, -0.1) is 0 Å². The molecule has 2 aromatic carbocycles. The molecule has 0 saturated carbocycles. The Labute approximate surface area is 451 Å². The van der Waals surface area contributed by atoms with Crippen LogP contribution in [0.3, 0.4) is 0 Å². The summed E-state index contributed by atoms with van der Waals surface area (Å²) in [6.45, 7) is 3.29. The number of fused-ring (bicyclic) bond motifs is 1. The van der Waals surface area contributed by atoms with Crippen molar-refractivity contribution in [3.63, 3.8) is 0 Å². The van der Waals surface area contributed by atoms with Gasteiger partial charge in [-0.1, -0.05) is 68.3 Å². The van der Waals surface area contributed by atoms with Crippen molar-refractivity contribution in [1.29, 1.82) is 0 Å². The molecule has 0 aliphatic carbocycles. The summed E-state index contributed by atoms with van der Waals surface area (Å²) in [7, 11) is 0. The number of carbonyl (C=O) groups excluding carboxylic acids is 9. The molecular weight excluding hydrogens is 1020 g/mol. The highest BCUT2D eigenvalue weighted by Gasteiger charge is 2.34. The summed E-state index contributed by atoms with van der Waals surface area (Å²) in [5, 5.41) is 22.4. The summed E-state index contributed by atoms with van der Waals surface area (Å²) < 4.78 is 0. The average Bonchev–Trinajstić information content (AvgIpc) is 4.07. The molecule has 0 aliphatic heterocycles. The minimum atomic E-state index is -1.37. The van der Waals surface area contributed by atoms with Gasteiger partial charge in [0.25, 0.3) is 0 Å². The van der Waals surface area contributed by atoms with Crippen LogP contribution in [0.5, 0.6) is 0 Å². The second kappa shape index (κ2) is 32.0. The van der Waals surface area contributed by atoms with Crippen LogP contribution in [0.1, 0.15) is 75.6 Å². The van der Waals surface area contributed by atoms with Crippen LogP contribution in [0.4, 0.5) is 0 Å². The summed E-state index contributed by atoms with van der Waals surface area (Å²) in [6.07, 6.45) is 6.29. The maximum atomic E-state index is 14.7. The van der Waals surface area contributed by atoms with Gasteiger partial charge in [0.1, 0.15) is 42.3 Å². The van der Waals surface area contributed by atoms with E-state index in [0.29, 0.717) is 29.7 Å². The highest BCUT2D eigenvalue weighted by atomic mass is 32.1. The number of aromatic amines is 2. The SMILES string of the molecule is CCCC[C@H](NC(C)=O)C(=O)N[C@@H](CS)C(=O)N[C@@H](Cc1cnc[nH]1)C(=O)N[C@@H](Cc1ccccc1)C(=O)N[C@@H](CCCN=C(N)N)C(=O)N[C@H](Cc1c[nH]c2ccccc12)C(=O)NCCCC(=O)N[C@@H](CS)C(N)=O. The van der Waals surface area contributed by atoms with Gasteiger partial charge in [-0.25, -0.2) is 4.98 Å². The number of amides is 9. The Bertz CT molecular complexity index is 2600. The van der Waals surface area contributed by atoms with Gasteiger partial charge < -0.3 is 69.7 Å². The van der Waals surface area contributed by atoms with E-state index >= 15 is 0 Å². The van der Waals surface area contributed by atoms with Crippen molar-refractivity contribution in [1.82, 2.24) is 57.5 Å². The van der Waals surface area contributed by atoms with Crippen molar-refractivity contribution in [2.75, 3.05) is 24.6 Å². The summed E-state index contributed by atoms with van der Waals surface area (Å²) in [6, 6.07) is 7.71. The Morgan fingerprint density at radius 1 is 0.618 bits per heavy atom. The van der Waals surface area contributed by atoms with Crippen molar-refractivity contribution in [2.45, 2.75) is 120 Å². The van der Waals surface area contributed by atoms with Gasteiger partial charge in [0.2, 0.25) is 53.2 Å². The number of imidazole rings is 1. The molecular formula is C50H71N15O9S2. The van der Waals surface area contributed by atoms with Gasteiger partial charge in [-0.05, 0) is 42.9 Å². The summed E-state index contributed by atoms with van der Waals surface area (Å²) >= 11 is 8.35. The molecule has 26 heteroatoms. The summed E-state index contributed by atoms with van der Waals surface area (Å²) in [5.41, 5.74) is 19.0. The van der Waals surface area contributed by atoms with Crippen LogP contribution in [-0.2, 0) is 62.4 Å². The maximum Gasteiger partial charge on any atom is 0.244 e. The number of nitrogens with zero attached hydrogens (tertiary/aromatic N) is 2. The number of aliphatic imine (C=N–C) groups is 1. The number of nitrogens with two attached hydrogens (primary N) is 3. The van der Waals surface area contributed by atoms with E-state index in [4.69, 9.17) is 17.2 Å². The van der Waals surface area contributed by atoms with Crippen molar-refractivity contribution in [2.24, 2.45) is 22.2 Å². The number of carbonyl (C=O) groups is 9. The van der Waals surface area contributed by atoms with Gasteiger partial charge in [-0.2, -0.15) is 25.3 Å². The number of H-pyrrole nitrogens is 2. The fourth-order valence-corrected chi connectivity index (χ4v) is 8.45. The van der Waals surface area contributed by atoms with Crippen LogP contribution in [-0.4, -0.2) is 141 Å². The Balaban J connectivity index is 1.61. The first-order chi connectivity index (χ1) is 36.4. The summed E-state index contributed by atoms with van der Waals surface area (Å²) in [5.74, 6) is -6.37. The smallest absolute Gasteiger partial charge is 0.244 e. The van der Waals surface area contributed by atoms with Gasteiger partial charge in [0, 0.05) is 86.2 Å². The van der Waals surface area contributed by atoms with E-state index < -0.39 is 95.5 Å². The first-order valence-electron chi connectivity index (χ1n) is 24.9. The minimum Gasteiger partial charge on any atom is -0.370 e. The molecule has 2 heterocycles. The molecule has 76 heavy (non-hydrogen) atoms. The van der Waals surface area contributed by atoms with Gasteiger partial charge in [0.05, 0.1) is 6.33 Å². The molecule has 412 valence electrons. The number of hydrogen-bond acceptors (Lipinski definition) is 13. The number of unbranched alkanes of at least 4 members (excludes halogenated alkanes) is 1. The summed E-state index contributed by atoms with van der Waals surface area (Å²) in [4.78, 5) is 135. The van der Waals surface area contributed by atoms with Gasteiger partial charge >= 0.3 is 0 Å². The van der Waals surface area contributed by atoms with Gasteiger partial charge in [-0.3, -0.25) is 48.1 Å². The molecule has 2 aromatic heterocycles. The van der Waals surface area contributed by atoms with Crippen LogP contribution in [0.25, 0.3) is 10.9 Å². The molecule has 4 rings (SSSR count). The van der Waals surface area contributed by atoms with Crippen molar-refractivity contribution in [3.05, 3.63) is 90.1 Å². The third-order valence-corrected chi connectivity index (χ3v) is 12.7. The van der Waals surface area contributed by atoms with Crippen LogP contribution >= 0.6 is 25.3 Å². The second-order valence-electron chi connectivity index (χ2n) is 18.0. The first kappa shape index (κ1) is 60.9. The third kappa shape index (κ3) is 20.6. The van der Waals surface area contributed by atoms with E-state index in [2.05, 4.69) is 87.7 Å². The van der Waals surface area contributed by atoms with Crippen LogP contribution < -0.4 is 59.7 Å². The normalized spacial score (nSPS) is 13.7. The molecule has 0 spiro atoms. The Morgan fingerprint density at radius 3 is 1.79 bits per heavy atom. The topological polar surface area (TPSA) is 385 Å². The molecule has 16 N–H and O–H groups in total. The lowest BCUT2D eigenvalue weighted by Gasteiger charge is -2.27. The first-order valence-corrected chi connectivity index (χ1v) is 26.2. The van der Waals surface area contributed by atoms with Crippen molar-refractivity contribution in [3.8, 4) is 0 Å². The molecule has 4 aromatic rings. The number of benzene rings is 2. The predicted molar refractivity (Wildman–Crippen MR) is 292 cm³/mol. The largest absolute Gasteiger partial charge is 0.370 e. The Hall–Kier alpha value is -7.61. The molecule has 0 fully saturated rings. The number of primary amides is 1. The number of guanidine groups is 1. The van der Waals surface area contributed by atoms with E-state index in [9.17, 15) is 43.2 Å². The lowest BCUT2D eigenvalue weighted by Crippen LogP contribution is -2.60. The van der Waals surface area contributed by atoms with E-state index in [1.807, 2.05) is 31.2 Å².